The van der Waals surface area contributed by atoms with E-state index in [-0.39, 0.29) is 0 Å². The van der Waals surface area contributed by atoms with Crippen LogP contribution in [-0.4, -0.2) is 29.7 Å². The van der Waals surface area contributed by atoms with Crippen molar-refractivity contribution in [2.45, 2.75) is 6.54 Å². The average molecular weight is 420 g/mol. The maximum absolute atomic E-state index is 4.66. The van der Waals surface area contributed by atoms with Gasteiger partial charge in [-0.1, -0.05) is 28.1 Å². The molecule has 0 fully saturated rings. The molecule has 0 aliphatic carbocycles. The summed E-state index contributed by atoms with van der Waals surface area (Å²) >= 11 is 3.49. The molecule has 0 saturated heterocycles. The van der Waals surface area contributed by atoms with Crippen LogP contribution in [0.5, 0.6) is 0 Å². The number of hydrogen-bond acceptors (Lipinski definition) is 5. The van der Waals surface area contributed by atoms with Crippen molar-refractivity contribution < 1.29 is 0 Å². The number of benzene rings is 2. The number of aromatic nitrogens is 6. The number of hydrogen-bond donors (Lipinski definition) is 2. The third kappa shape index (κ3) is 3.04. The summed E-state index contributed by atoms with van der Waals surface area (Å²) in [6.45, 7) is 0.638. The number of nitrogens with one attached hydrogen (secondary N) is 2. The van der Waals surface area contributed by atoms with Crippen molar-refractivity contribution in [1.29, 1.82) is 0 Å². The predicted molar refractivity (Wildman–Crippen MR) is 108 cm³/mol. The zero-order valence-corrected chi connectivity index (χ0v) is 15.7. The van der Waals surface area contributed by atoms with Crippen LogP contribution in [0, 0.1) is 0 Å². The highest BCUT2D eigenvalue weighted by Gasteiger charge is 2.09. The fourth-order valence-electron chi connectivity index (χ4n) is 2.99. The molecule has 0 bridgehead atoms. The van der Waals surface area contributed by atoms with Crippen LogP contribution >= 0.6 is 15.9 Å². The van der Waals surface area contributed by atoms with E-state index in [1.54, 1.807) is 18.7 Å². The van der Waals surface area contributed by atoms with Crippen molar-refractivity contribution >= 4 is 43.9 Å². The Labute approximate surface area is 162 Å². The Morgan fingerprint density at radius 3 is 2.96 bits per heavy atom. The minimum absolute atomic E-state index is 0.562. The molecule has 5 aromatic rings. The lowest BCUT2D eigenvalue weighted by Gasteiger charge is -2.07. The Kier molecular flexibility index (Phi) is 3.83. The van der Waals surface area contributed by atoms with Crippen LogP contribution < -0.4 is 5.32 Å². The van der Waals surface area contributed by atoms with Crippen LogP contribution in [0.25, 0.3) is 27.8 Å². The molecule has 132 valence electrons. The molecule has 0 aliphatic rings. The number of nitrogens with zero attached hydrogens (tertiary/aromatic N) is 5. The molecule has 27 heavy (non-hydrogen) atoms. The second kappa shape index (κ2) is 6.48. The van der Waals surface area contributed by atoms with Gasteiger partial charge < -0.3 is 5.32 Å². The molecule has 2 aromatic carbocycles. The third-order valence-corrected chi connectivity index (χ3v) is 4.83. The first kappa shape index (κ1) is 16.0. The van der Waals surface area contributed by atoms with Gasteiger partial charge in [0.05, 0.1) is 23.6 Å². The first-order chi connectivity index (χ1) is 13.3. The van der Waals surface area contributed by atoms with Gasteiger partial charge in [0.2, 0.25) is 5.95 Å². The number of H-pyrrole nitrogens is 1. The van der Waals surface area contributed by atoms with Gasteiger partial charge in [-0.2, -0.15) is 10.1 Å². The molecule has 0 radical (unpaired) electrons. The van der Waals surface area contributed by atoms with Gasteiger partial charge >= 0.3 is 0 Å². The van der Waals surface area contributed by atoms with Gasteiger partial charge in [0.15, 0.2) is 5.65 Å². The molecule has 7 nitrogen and oxygen atoms in total. The Morgan fingerprint density at radius 1 is 1.07 bits per heavy atom. The van der Waals surface area contributed by atoms with E-state index in [2.05, 4.69) is 58.5 Å². The minimum atomic E-state index is 0.562. The van der Waals surface area contributed by atoms with Gasteiger partial charge in [-0.25, -0.2) is 9.97 Å². The molecule has 0 atom stereocenters. The van der Waals surface area contributed by atoms with Crippen LogP contribution in [-0.2, 0) is 6.54 Å². The van der Waals surface area contributed by atoms with Gasteiger partial charge in [0.25, 0.3) is 0 Å². The monoisotopic (exact) mass is 419 g/mol. The van der Waals surface area contributed by atoms with Crippen LogP contribution in [0.2, 0.25) is 0 Å². The first-order valence-corrected chi connectivity index (χ1v) is 9.17. The topological polar surface area (TPSA) is 84.3 Å². The van der Waals surface area contributed by atoms with E-state index < -0.39 is 0 Å². The second-order valence-electron chi connectivity index (χ2n) is 6.14. The Hall–Kier alpha value is -3.26. The number of rotatable bonds is 4. The summed E-state index contributed by atoms with van der Waals surface area (Å²) in [4.78, 5) is 13.4. The average Bonchev–Trinajstić information content (AvgIpc) is 3.32. The fraction of sp³-hybridized carbons (Fsp3) is 0.0526. The molecule has 3 aromatic heterocycles. The van der Waals surface area contributed by atoms with E-state index in [1.807, 2.05) is 34.9 Å². The molecule has 0 amide bonds. The molecule has 0 spiro atoms. The van der Waals surface area contributed by atoms with Gasteiger partial charge in [0.1, 0.15) is 11.8 Å². The van der Waals surface area contributed by atoms with Gasteiger partial charge in [-0.3, -0.25) is 9.67 Å². The molecule has 3 heterocycles. The minimum Gasteiger partial charge on any atom is -0.350 e. The molecule has 2 N–H and O–H groups in total. The molecular formula is C19H14BrN7. The standard InChI is InChI=1S/C19H14BrN7/c20-14-3-1-2-12(6-14)8-21-19-22-10-17-18(25-19)27(11-23-17)15-5-4-13-9-24-26-16(13)7-15/h1-7,9-11H,8H2,(H,24,26)(H,21,22,25). The zero-order valence-electron chi connectivity index (χ0n) is 14.1. The van der Waals surface area contributed by atoms with Crippen LogP contribution in [0.1, 0.15) is 5.56 Å². The van der Waals surface area contributed by atoms with Crippen LogP contribution in [0.3, 0.4) is 0 Å². The Balaban J connectivity index is 1.48. The van der Waals surface area contributed by atoms with E-state index in [4.69, 9.17) is 0 Å². The van der Waals surface area contributed by atoms with E-state index in [0.717, 1.165) is 37.8 Å². The Morgan fingerprint density at radius 2 is 2.04 bits per heavy atom. The maximum atomic E-state index is 4.66. The molecular weight excluding hydrogens is 406 g/mol. The van der Waals surface area contributed by atoms with E-state index >= 15 is 0 Å². The van der Waals surface area contributed by atoms with Gasteiger partial charge in [0, 0.05) is 16.4 Å². The lowest BCUT2D eigenvalue weighted by Crippen LogP contribution is -2.04. The number of aromatic amines is 1. The lowest BCUT2D eigenvalue weighted by molar-refractivity contribution is 1.03. The molecule has 0 aliphatic heterocycles. The Bertz CT molecular complexity index is 1260. The molecule has 8 heteroatoms. The third-order valence-electron chi connectivity index (χ3n) is 4.33. The summed E-state index contributed by atoms with van der Waals surface area (Å²) in [7, 11) is 0. The summed E-state index contributed by atoms with van der Waals surface area (Å²) in [5, 5.41) is 11.4. The quantitative estimate of drug-likeness (QED) is 0.458. The van der Waals surface area contributed by atoms with Gasteiger partial charge in [-0.15, -0.1) is 0 Å². The summed E-state index contributed by atoms with van der Waals surface area (Å²) in [5.74, 6) is 0.562. The maximum Gasteiger partial charge on any atom is 0.225 e. The van der Waals surface area contributed by atoms with E-state index in [0.29, 0.717) is 12.5 Å². The van der Waals surface area contributed by atoms with Crippen LogP contribution in [0.15, 0.2) is 65.7 Å². The summed E-state index contributed by atoms with van der Waals surface area (Å²) in [6.07, 6.45) is 5.29. The smallest absolute Gasteiger partial charge is 0.225 e. The number of halogens is 1. The van der Waals surface area contributed by atoms with Crippen LogP contribution in [0.4, 0.5) is 5.95 Å². The first-order valence-electron chi connectivity index (χ1n) is 8.38. The highest BCUT2D eigenvalue weighted by molar-refractivity contribution is 9.10. The van der Waals surface area contributed by atoms with E-state index in [1.165, 1.54) is 0 Å². The highest BCUT2D eigenvalue weighted by Crippen LogP contribution is 2.21. The molecule has 5 rings (SSSR count). The number of imidazole rings is 1. The largest absolute Gasteiger partial charge is 0.350 e. The second-order valence-corrected chi connectivity index (χ2v) is 7.06. The van der Waals surface area contributed by atoms with Gasteiger partial charge in [-0.05, 0) is 35.9 Å². The van der Waals surface area contributed by atoms with Crippen molar-refractivity contribution in [1.82, 2.24) is 29.7 Å². The fourth-order valence-corrected chi connectivity index (χ4v) is 3.43. The number of anilines is 1. The molecule has 0 saturated carbocycles. The summed E-state index contributed by atoms with van der Waals surface area (Å²) in [6, 6.07) is 14.2. The summed E-state index contributed by atoms with van der Waals surface area (Å²) < 4.78 is 2.99. The zero-order chi connectivity index (χ0) is 18.2. The SMILES string of the molecule is Brc1cccc(CNc2ncc3ncn(-c4ccc5cn[nH]c5c4)c3n2)c1. The van der Waals surface area contributed by atoms with E-state index in [9.17, 15) is 0 Å². The predicted octanol–water partition coefficient (Wildman–Crippen LogP) is 4.07. The van der Waals surface area contributed by atoms with Crippen molar-refractivity contribution in [3.8, 4) is 5.69 Å². The molecule has 0 unspecified atom stereocenters. The normalized spacial score (nSPS) is 11.3. The number of fused-ring (bicyclic) bond motifs is 2. The van der Waals surface area contributed by atoms with Crippen molar-refractivity contribution in [2.24, 2.45) is 0 Å². The van der Waals surface area contributed by atoms with Crippen molar-refractivity contribution in [3.63, 3.8) is 0 Å². The van der Waals surface area contributed by atoms with Crippen molar-refractivity contribution in [2.75, 3.05) is 5.32 Å². The summed E-state index contributed by atoms with van der Waals surface area (Å²) in [5.41, 5.74) is 4.57. The lowest BCUT2D eigenvalue weighted by atomic mass is 10.2. The van der Waals surface area contributed by atoms with Crippen molar-refractivity contribution in [3.05, 3.63) is 71.2 Å². The highest BCUT2D eigenvalue weighted by atomic mass is 79.9.